The van der Waals surface area contributed by atoms with Crippen LogP contribution in [0.5, 0.6) is 0 Å². The molecule has 19 heavy (non-hydrogen) atoms. The topological polar surface area (TPSA) is 66.5 Å². The minimum Gasteiger partial charge on any atom is -0.321 e. The van der Waals surface area contributed by atoms with E-state index in [1.54, 1.807) is 11.1 Å². The maximum Gasteiger partial charge on any atom is 0.321 e. The van der Waals surface area contributed by atoms with Crippen molar-refractivity contribution in [2.45, 2.75) is 39.2 Å². The van der Waals surface area contributed by atoms with Crippen LogP contribution in [0.4, 0.5) is 4.79 Å². The Kier molecular flexibility index (Phi) is 4.18. The fraction of sp³-hybridized carbons (Fsp3) is 0.769. The Morgan fingerprint density at radius 2 is 2.05 bits per heavy atom. The molecule has 108 valence electrons. The molecule has 0 aromatic heterocycles. The highest BCUT2D eigenvalue weighted by Crippen LogP contribution is 2.35. The number of hydrogen-bond donors (Lipinski definition) is 1. The lowest BCUT2D eigenvalue weighted by Gasteiger charge is -2.26. The van der Waals surface area contributed by atoms with Crippen LogP contribution in [0.25, 0.3) is 0 Å². The van der Waals surface area contributed by atoms with E-state index < -0.39 is 9.84 Å². The van der Waals surface area contributed by atoms with Crippen LogP contribution in [-0.2, 0) is 9.84 Å². The first-order valence-corrected chi connectivity index (χ1v) is 8.69. The molecule has 2 fully saturated rings. The van der Waals surface area contributed by atoms with Gasteiger partial charge in [0.25, 0.3) is 0 Å². The van der Waals surface area contributed by atoms with Crippen LogP contribution < -0.4 is 5.32 Å². The zero-order chi connectivity index (χ0) is 14.0. The molecule has 2 rings (SSSR count). The van der Waals surface area contributed by atoms with Crippen molar-refractivity contribution >= 4 is 15.9 Å². The van der Waals surface area contributed by atoms with Crippen LogP contribution in [0.1, 0.15) is 33.1 Å². The van der Waals surface area contributed by atoms with E-state index in [2.05, 4.69) is 5.32 Å². The normalized spacial score (nSPS) is 26.2. The van der Waals surface area contributed by atoms with Gasteiger partial charge in [-0.05, 0) is 39.0 Å². The van der Waals surface area contributed by atoms with Crippen LogP contribution in [0, 0.1) is 5.92 Å². The molecule has 1 aliphatic heterocycles. The van der Waals surface area contributed by atoms with E-state index in [-0.39, 0.29) is 23.6 Å². The second-order valence-electron chi connectivity index (χ2n) is 5.45. The van der Waals surface area contributed by atoms with Gasteiger partial charge in [-0.25, -0.2) is 13.2 Å². The zero-order valence-corrected chi connectivity index (χ0v) is 12.4. The van der Waals surface area contributed by atoms with Crippen molar-refractivity contribution in [1.29, 1.82) is 0 Å². The summed E-state index contributed by atoms with van der Waals surface area (Å²) in [5.74, 6) is 0.917. The molecule has 0 radical (unpaired) electrons. The van der Waals surface area contributed by atoms with Gasteiger partial charge < -0.3 is 10.2 Å². The Labute approximate surface area is 115 Å². The fourth-order valence-electron chi connectivity index (χ4n) is 2.50. The molecule has 0 aromatic carbocycles. The maximum absolute atomic E-state index is 12.1. The minimum absolute atomic E-state index is 0.0968. The Bertz CT molecular complexity index is 480. The van der Waals surface area contributed by atoms with Crippen molar-refractivity contribution in [3.63, 3.8) is 0 Å². The van der Waals surface area contributed by atoms with E-state index in [9.17, 15) is 13.2 Å². The van der Waals surface area contributed by atoms with Gasteiger partial charge in [-0.1, -0.05) is 5.57 Å². The van der Waals surface area contributed by atoms with Crippen molar-refractivity contribution in [1.82, 2.24) is 10.2 Å². The van der Waals surface area contributed by atoms with E-state index in [0.717, 1.165) is 0 Å². The first kappa shape index (κ1) is 14.4. The van der Waals surface area contributed by atoms with E-state index in [0.29, 0.717) is 18.9 Å². The van der Waals surface area contributed by atoms with Gasteiger partial charge in [0, 0.05) is 18.8 Å². The van der Waals surface area contributed by atoms with Gasteiger partial charge in [0.05, 0.1) is 11.5 Å². The van der Waals surface area contributed by atoms with Crippen LogP contribution >= 0.6 is 0 Å². The number of rotatable bonds is 4. The largest absolute Gasteiger partial charge is 0.321 e. The van der Waals surface area contributed by atoms with Gasteiger partial charge >= 0.3 is 6.03 Å². The summed E-state index contributed by atoms with van der Waals surface area (Å²) in [6.45, 7) is 4.43. The monoisotopic (exact) mass is 286 g/mol. The summed E-state index contributed by atoms with van der Waals surface area (Å²) < 4.78 is 23.0. The third-order valence-corrected chi connectivity index (χ3v) is 5.65. The third-order valence-electron chi connectivity index (χ3n) is 3.90. The molecule has 0 aromatic rings. The van der Waals surface area contributed by atoms with E-state index in [1.807, 2.05) is 13.8 Å². The molecule has 1 unspecified atom stereocenters. The summed E-state index contributed by atoms with van der Waals surface area (Å²) in [5, 5.41) is 2.79. The zero-order valence-electron chi connectivity index (χ0n) is 11.6. The quantitative estimate of drug-likeness (QED) is 0.852. The van der Waals surface area contributed by atoms with E-state index in [1.165, 1.54) is 18.4 Å². The molecule has 1 N–H and O–H groups in total. The standard InChI is InChI=1S/C13H22N2O3S/c1-3-15(12-6-7-19(17,18)9-12)13(16)14-8-10(2)11-4-5-11/h8,11-12H,3-7,9H2,1-2H3,(H,14,16)/b10-8+. The lowest BCUT2D eigenvalue weighted by Crippen LogP contribution is -2.45. The van der Waals surface area contributed by atoms with Gasteiger partial charge in [-0.15, -0.1) is 0 Å². The van der Waals surface area contributed by atoms with Crippen molar-refractivity contribution in [2.75, 3.05) is 18.1 Å². The number of hydrogen-bond acceptors (Lipinski definition) is 3. The first-order chi connectivity index (χ1) is 8.93. The van der Waals surface area contributed by atoms with Gasteiger partial charge in [0.15, 0.2) is 9.84 Å². The number of carbonyl (C=O) groups excluding carboxylic acids is 1. The molecule has 0 spiro atoms. The highest BCUT2D eigenvalue weighted by molar-refractivity contribution is 7.91. The van der Waals surface area contributed by atoms with Crippen molar-refractivity contribution in [3.8, 4) is 0 Å². The molecule has 1 saturated carbocycles. The fourth-order valence-corrected chi connectivity index (χ4v) is 4.23. The predicted octanol–water partition coefficient (Wildman–Crippen LogP) is 1.52. The average molecular weight is 286 g/mol. The van der Waals surface area contributed by atoms with Crippen molar-refractivity contribution in [2.24, 2.45) is 5.92 Å². The first-order valence-electron chi connectivity index (χ1n) is 6.87. The van der Waals surface area contributed by atoms with Crippen LogP contribution in [0.2, 0.25) is 0 Å². The van der Waals surface area contributed by atoms with Gasteiger partial charge in [0.2, 0.25) is 0 Å². The smallest absolute Gasteiger partial charge is 0.321 e. The summed E-state index contributed by atoms with van der Waals surface area (Å²) in [7, 11) is -2.96. The second-order valence-corrected chi connectivity index (χ2v) is 7.68. The molecule has 5 nitrogen and oxygen atoms in total. The Morgan fingerprint density at radius 1 is 1.37 bits per heavy atom. The van der Waals surface area contributed by atoms with Crippen LogP contribution in [0.3, 0.4) is 0 Å². The summed E-state index contributed by atoms with van der Waals surface area (Å²) in [6, 6.07) is -0.366. The second kappa shape index (κ2) is 5.53. The van der Waals surface area contributed by atoms with E-state index in [4.69, 9.17) is 0 Å². The average Bonchev–Trinajstić information content (AvgIpc) is 3.13. The van der Waals surface area contributed by atoms with Crippen LogP contribution in [-0.4, -0.2) is 43.4 Å². The minimum atomic E-state index is -2.96. The molecule has 6 heteroatoms. The lowest BCUT2D eigenvalue weighted by atomic mass is 10.2. The summed E-state index contributed by atoms with van der Waals surface area (Å²) in [4.78, 5) is 13.7. The molecule has 2 aliphatic rings. The summed E-state index contributed by atoms with van der Waals surface area (Å²) >= 11 is 0. The molecule has 1 aliphatic carbocycles. The summed E-state index contributed by atoms with van der Waals surface area (Å²) in [5.41, 5.74) is 1.20. The van der Waals surface area contributed by atoms with Crippen molar-refractivity contribution < 1.29 is 13.2 Å². The Balaban J connectivity index is 1.93. The molecule has 1 atom stereocenters. The third kappa shape index (κ3) is 3.72. The molecule has 0 bridgehead atoms. The molecule has 2 amide bonds. The molecule has 1 heterocycles. The summed E-state index contributed by atoms with van der Waals surface area (Å²) in [6.07, 6.45) is 4.73. The Hall–Kier alpha value is -1.04. The highest BCUT2D eigenvalue weighted by Gasteiger charge is 2.33. The number of carbonyl (C=O) groups is 1. The number of amides is 2. The number of nitrogens with one attached hydrogen (secondary N) is 1. The lowest BCUT2D eigenvalue weighted by molar-refractivity contribution is 0.187. The molecule has 1 saturated heterocycles. The van der Waals surface area contributed by atoms with Crippen molar-refractivity contribution in [3.05, 3.63) is 11.8 Å². The molecular formula is C13H22N2O3S. The maximum atomic E-state index is 12.1. The number of allylic oxidation sites excluding steroid dienone is 1. The number of nitrogens with zero attached hydrogens (tertiary/aromatic N) is 1. The van der Waals surface area contributed by atoms with Crippen LogP contribution in [0.15, 0.2) is 11.8 Å². The van der Waals surface area contributed by atoms with E-state index >= 15 is 0 Å². The van der Waals surface area contributed by atoms with Gasteiger partial charge in [0.1, 0.15) is 0 Å². The highest BCUT2D eigenvalue weighted by atomic mass is 32.2. The van der Waals surface area contributed by atoms with Gasteiger partial charge in [-0.3, -0.25) is 0 Å². The SMILES string of the molecule is CCN(C(=O)N/C=C(\C)C1CC1)C1CCS(=O)(=O)C1. The predicted molar refractivity (Wildman–Crippen MR) is 74.5 cm³/mol. The number of urea groups is 1. The Morgan fingerprint density at radius 3 is 2.53 bits per heavy atom. The van der Waals surface area contributed by atoms with Gasteiger partial charge in [-0.2, -0.15) is 0 Å². The number of sulfone groups is 1. The molecular weight excluding hydrogens is 264 g/mol.